The summed E-state index contributed by atoms with van der Waals surface area (Å²) in [5.41, 5.74) is 0. The molecule has 4 heteroatoms. The zero-order valence-electron chi connectivity index (χ0n) is 7.53. The van der Waals surface area contributed by atoms with Gasteiger partial charge in [-0.2, -0.15) is 0 Å². The number of sulfone groups is 1. The van der Waals surface area contributed by atoms with E-state index in [-0.39, 0.29) is 5.25 Å². The number of hydrogen-bond donors (Lipinski definition) is 0. The minimum Gasteiger partial charge on any atom is -0.327 e. The molecule has 1 saturated heterocycles. The lowest BCUT2D eigenvalue weighted by molar-refractivity contribution is -0.894. The van der Waals surface area contributed by atoms with Crippen molar-refractivity contribution < 1.29 is 12.9 Å². The predicted molar refractivity (Wildman–Crippen MR) is 45.1 cm³/mol. The van der Waals surface area contributed by atoms with Gasteiger partial charge in [0.15, 0.2) is 9.84 Å². The fourth-order valence-corrected chi connectivity index (χ4v) is 3.59. The zero-order chi connectivity index (χ0) is 8.86. The highest BCUT2D eigenvalue weighted by Crippen LogP contribution is 2.27. The first kappa shape index (κ1) is 9.00. The molecule has 1 aliphatic heterocycles. The van der Waals surface area contributed by atoms with Gasteiger partial charge in [-0.25, -0.2) is 8.42 Å². The third-order valence-electron chi connectivity index (χ3n) is 2.51. The molecule has 0 aromatic carbocycles. The molecule has 1 aliphatic rings. The van der Waals surface area contributed by atoms with Crippen LogP contribution in [0.2, 0.25) is 0 Å². The normalized spacial score (nSPS) is 36.4. The Balaban J connectivity index is 2.74. The summed E-state index contributed by atoms with van der Waals surface area (Å²) in [7, 11) is 3.40. The predicted octanol–water partition coefficient (Wildman–Crippen LogP) is -0.122. The minimum absolute atomic E-state index is 0.150. The van der Waals surface area contributed by atoms with E-state index in [1.165, 1.54) is 0 Å². The highest BCUT2D eigenvalue weighted by Gasteiger charge is 2.50. The molecule has 0 amide bonds. The lowest BCUT2D eigenvalue weighted by atomic mass is 10.2. The molecule has 0 aliphatic carbocycles. The van der Waals surface area contributed by atoms with Gasteiger partial charge in [-0.15, -0.1) is 0 Å². The monoisotopic (exact) mass is 178 g/mol. The van der Waals surface area contributed by atoms with E-state index in [0.29, 0.717) is 11.8 Å². The second kappa shape index (κ2) is 2.20. The third kappa shape index (κ3) is 1.42. The van der Waals surface area contributed by atoms with E-state index in [9.17, 15) is 8.42 Å². The first-order chi connectivity index (χ1) is 4.75. The van der Waals surface area contributed by atoms with Gasteiger partial charge in [-0.3, -0.25) is 0 Å². The lowest BCUT2D eigenvalue weighted by Gasteiger charge is -2.43. The molecule has 0 aromatic rings. The van der Waals surface area contributed by atoms with E-state index < -0.39 is 9.84 Å². The van der Waals surface area contributed by atoms with Crippen LogP contribution in [-0.4, -0.2) is 51.1 Å². The molecule has 0 bridgehead atoms. The van der Waals surface area contributed by atoms with Crippen molar-refractivity contribution in [3.8, 4) is 0 Å². The third-order valence-corrected chi connectivity index (χ3v) is 4.76. The van der Waals surface area contributed by atoms with Gasteiger partial charge in [0.1, 0.15) is 17.0 Å². The molecule has 1 heterocycles. The van der Waals surface area contributed by atoms with Crippen molar-refractivity contribution in [1.29, 1.82) is 0 Å². The average Bonchev–Trinajstić information content (AvgIpc) is 1.80. The van der Waals surface area contributed by atoms with E-state index >= 15 is 0 Å². The fraction of sp³-hybridized carbons (Fsp3) is 1.00. The van der Waals surface area contributed by atoms with Gasteiger partial charge in [0.25, 0.3) is 0 Å². The first-order valence-electron chi connectivity index (χ1n) is 3.78. The SMILES string of the molecule is CC1C([N+](C)(C)C)CS1(=O)=O. The molecule has 66 valence electrons. The van der Waals surface area contributed by atoms with Gasteiger partial charge in [-0.05, 0) is 6.92 Å². The Hall–Kier alpha value is -0.0900. The van der Waals surface area contributed by atoms with E-state index in [1.807, 2.05) is 21.1 Å². The van der Waals surface area contributed by atoms with Crippen LogP contribution in [-0.2, 0) is 9.84 Å². The van der Waals surface area contributed by atoms with Gasteiger partial charge >= 0.3 is 0 Å². The van der Waals surface area contributed by atoms with Crippen molar-refractivity contribution in [1.82, 2.24) is 0 Å². The van der Waals surface area contributed by atoms with E-state index in [2.05, 4.69) is 0 Å². The highest BCUT2D eigenvalue weighted by atomic mass is 32.2. The van der Waals surface area contributed by atoms with Gasteiger partial charge in [0.05, 0.1) is 21.1 Å². The second-order valence-electron chi connectivity index (χ2n) is 4.22. The average molecular weight is 178 g/mol. The number of nitrogens with zero attached hydrogens (tertiary/aromatic N) is 1. The maximum Gasteiger partial charge on any atom is 0.164 e. The largest absolute Gasteiger partial charge is 0.327 e. The summed E-state index contributed by atoms with van der Waals surface area (Å²) in [6, 6.07) is 0.292. The summed E-state index contributed by atoms with van der Waals surface area (Å²) >= 11 is 0. The summed E-state index contributed by atoms with van der Waals surface area (Å²) in [4.78, 5) is 0. The quantitative estimate of drug-likeness (QED) is 0.525. The van der Waals surface area contributed by atoms with Crippen molar-refractivity contribution in [3.63, 3.8) is 0 Å². The molecule has 3 nitrogen and oxygen atoms in total. The van der Waals surface area contributed by atoms with E-state index in [1.54, 1.807) is 6.92 Å². The molecule has 0 radical (unpaired) electrons. The fourth-order valence-electron chi connectivity index (χ4n) is 1.50. The van der Waals surface area contributed by atoms with Crippen LogP contribution >= 0.6 is 0 Å². The van der Waals surface area contributed by atoms with Crippen LogP contribution in [0.5, 0.6) is 0 Å². The minimum atomic E-state index is -2.71. The molecule has 0 aromatic heterocycles. The number of hydrogen-bond acceptors (Lipinski definition) is 2. The molecule has 0 spiro atoms. The molecular formula is C7H16NO2S+. The van der Waals surface area contributed by atoms with Crippen LogP contribution < -0.4 is 0 Å². The van der Waals surface area contributed by atoms with Gasteiger partial charge in [0.2, 0.25) is 0 Å². The molecule has 1 rings (SSSR count). The van der Waals surface area contributed by atoms with Gasteiger partial charge in [-0.1, -0.05) is 0 Å². The van der Waals surface area contributed by atoms with Crippen molar-refractivity contribution in [2.75, 3.05) is 26.9 Å². The number of rotatable bonds is 1. The van der Waals surface area contributed by atoms with Gasteiger partial charge < -0.3 is 4.48 Å². The topological polar surface area (TPSA) is 34.1 Å². The molecule has 0 N–H and O–H groups in total. The Morgan fingerprint density at radius 2 is 1.73 bits per heavy atom. The van der Waals surface area contributed by atoms with Crippen LogP contribution in [0.1, 0.15) is 6.92 Å². The summed E-state index contributed by atoms with van der Waals surface area (Å²) in [6.45, 7) is 1.80. The van der Waals surface area contributed by atoms with Crippen LogP contribution in [0, 0.1) is 0 Å². The molecule has 2 atom stereocenters. The Bertz CT molecular complexity index is 250. The maximum absolute atomic E-state index is 11.1. The van der Waals surface area contributed by atoms with Crippen molar-refractivity contribution in [3.05, 3.63) is 0 Å². The van der Waals surface area contributed by atoms with Crippen LogP contribution in [0.4, 0.5) is 0 Å². The van der Waals surface area contributed by atoms with Crippen molar-refractivity contribution >= 4 is 9.84 Å². The van der Waals surface area contributed by atoms with Gasteiger partial charge in [0, 0.05) is 0 Å². The van der Waals surface area contributed by atoms with Crippen LogP contribution in [0.25, 0.3) is 0 Å². The van der Waals surface area contributed by atoms with Crippen molar-refractivity contribution in [2.45, 2.75) is 18.2 Å². The smallest absolute Gasteiger partial charge is 0.164 e. The summed E-state index contributed by atoms with van der Waals surface area (Å²) < 4.78 is 22.9. The molecule has 2 unspecified atom stereocenters. The standard InChI is InChI=1S/C7H16NO2S/c1-6-7(8(2,3)4)5-11(6,9)10/h6-7H,5H2,1-4H3/q+1. The lowest BCUT2D eigenvalue weighted by Crippen LogP contribution is -2.64. The number of quaternary nitrogens is 1. The molecule has 0 saturated carbocycles. The van der Waals surface area contributed by atoms with Crippen LogP contribution in [0.3, 0.4) is 0 Å². The van der Waals surface area contributed by atoms with Crippen molar-refractivity contribution in [2.24, 2.45) is 0 Å². The Morgan fingerprint density at radius 3 is 1.82 bits per heavy atom. The first-order valence-corrected chi connectivity index (χ1v) is 5.49. The van der Waals surface area contributed by atoms with Crippen LogP contribution in [0.15, 0.2) is 0 Å². The highest BCUT2D eigenvalue weighted by molar-refractivity contribution is 7.93. The Morgan fingerprint density at radius 1 is 1.27 bits per heavy atom. The van der Waals surface area contributed by atoms with E-state index in [4.69, 9.17) is 0 Å². The second-order valence-corrected chi connectivity index (χ2v) is 6.62. The Labute approximate surface area is 68.5 Å². The Kier molecular flexibility index (Phi) is 1.80. The molecule has 11 heavy (non-hydrogen) atoms. The maximum atomic E-state index is 11.1. The van der Waals surface area contributed by atoms with E-state index in [0.717, 1.165) is 4.48 Å². The summed E-state index contributed by atoms with van der Waals surface area (Å²) in [5.74, 6) is 0.359. The molecular weight excluding hydrogens is 162 g/mol. The summed E-state index contributed by atoms with van der Waals surface area (Å²) in [5, 5.41) is -0.150. The summed E-state index contributed by atoms with van der Waals surface area (Å²) in [6.07, 6.45) is 0. The zero-order valence-corrected chi connectivity index (χ0v) is 8.35. The molecule has 1 fully saturated rings.